The SMILES string of the molecule is CN(CC(=O)N1CCC[C@H]1c1ncc(-c2ccc(-c3ccc(-c4cnc([C@@H]5CCCN5C(=O)CN(C)Cc5ccccc5)[nH]4)cc3)cc2)[nH]1)Cc1ccccc1. The van der Waals surface area contributed by atoms with Gasteiger partial charge in [-0.1, -0.05) is 109 Å². The summed E-state index contributed by atoms with van der Waals surface area (Å²) >= 11 is 0. The van der Waals surface area contributed by atoms with E-state index in [1.807, 2.05) is 72.7 Å². The van der Waals surface area contributed by atoms with Crippen LogP contribution >= 0.6 is 0 Å². The summed E-state index contributed by atoms with van der Waals surface area (Å²) in [6.45, 7) is 3.73. The molecule has 0 unspecified atom stereocenters. The molecule has 2 aliphatic heterocycles. The first-order valence-corrected chi connectivity index (χ1v) is 19.7. The maximum absolute atomic E-state index is 13.4. The zero-order valence-electron chi connectivity index (χ0n) is 32.3. The normalized spacial score (nSPS) is 17.0. The Balaban J connectivity index is 0.868. The lowest BCUT2D eigenvalue weighted by Crippen LogP contribution is -2.38. The van der Waals surface area contributed by atoms with Gasteiger partial charge in [0, 0.05) is 26.2 Å². The van der Waals surface area contributed by atoms with Gasteiger partial charge in [0.25, 0.3) is 0 Å². The van der Waals surface area contributed by atoms with Gasteiger partial charge >= 0.3 is 0 Å². The molecule has 10 heteroatoms. The minimum atomic E-state index is -0.0399. The Bertz CT molecular complexity index is 2060. The number of nitrogens with one attached hydrogen (secondary N) is 2. The molecule has 6 aromatic rings. The van der Waals surface area contributed by atoms with Crippen LogP contribution in [-0.4, -0.2) is 91.6 Å². The molecule has 2 amide bonds. The van der Waals surface area contributed by atoms with Gasteiger partial charge in [-0.15, -0.1) is 0 Å². The number of amides is 2. The number of rotatable bonds is 13. The molecule has 0 saturated carbocycles. The summed E-state index contributed by atoms with van der Waals surface area (Å²) in [6.07, 6.45) is 7.51. The third-order valence-corrected chi connectivity index (χ3v) is 11.1. The van der Waals surface area contributed by atoms with Crippen molar-refractivity contribution < 1.29 is 9.59 Å². The number of aromatic nitrogens is 4. The van der Waals surface area contributed by atoms with E-state index >= 15 is 0 Å². The summed E-state index contributed by atoms with van der Waals surface area (Å²) in [7, 11) is 4.00. The van der Waals surface area contributed by atoms with Crippen LogP contribution in [0.5, 0.6) is 0 Å². The van der Waals surface area contributed by atoms with Crippen molar-refractivity contribution in [3.63, 3.8) is 0 Å². The number of carbonyl (C=O) groups excluding carboxylic acids is 2. The van der Waals surface area contributed by atoms with Gasteiger partial charge < -0.3 is 19.8 Å². The molecule has 10 nitrogen and oxygen atoms in total. The lowest BCUT2D eigenvalue weighted by atomic mass is 10.0. The van der Waals surface area contributed by atoms with Crippen LogP contribution in [0.4, 0.5) is 0 Å². The molecule has 0 spiro atoms. The molecule has 2 saturated heterocycles. The summed E-state index contributed by atoms with van der Waals surface area (Å²) in [5.41, 5.74) is 8.63. The molecule has 2 aromatic heterocycles. The number of aromatic amines is 2. The maximum Gasteiger partial charge on any atom is 0.237 e. The van der Waals surface area contributed by atoms with E-state index in [0.29, 0.717) is 13.1 Å². The van der Waals surface area contributed by atoms with E-state index in [0.717, 1.165) is 97.2 Å². The second-order valence-electron chi connectivity index (χ2n) is 15.3. The largest absolute Gasteiger partial charge is 0.340 e. The highest BCUT2D eigenvalue weighted by Crippen LogP contribution is 2.34. The van der Waals surface area contributed by atoms with Crippen molar-refractivity contribution >= 4 is 11.8 Å². The standard InChI is InChI=1S/C46H50N8O2/c1-51(29-33-11-5-3-6-12-33)31-43(55)53-25-9-15-41(53)45-47-27-39(49-45)37-21-17-35(18-22-37)36-19-23-38(24-20-36)40-28-48-46(50-40)42-16-10-26-54(42)44(56)32-52(2)30-34-13-7-4-8-14-34/h3-8,11-14,17-24,27-28,41-42H,9-10,15-16,25-26,29-32H2,1-2H3,(H,47,49)(H,48,50)/t41-,42-/m0/s1. The number of benzene rings is 4. The zero-order chi connectivity index (χ0) is 38.4. The van der Waals surface area contributed by atoms with E-state index in [9.17, 15) is 9.59 Å². The third kappa shape index (κ3) is 8.51. The number of nitrogens with zero attached hydrogens (tertiary/aromatic N) is 6. The summed E-state index contributed by atoms with van der Waals surface area (Å²) in [6, 6.07) is 37.4. The van der Waals surface area contributed by atoms with Gasteiger partial charge in [0.15, 0.2) is 0 Å². The van der Waals surface area contributed by atoms with Crippen LogP contribution in [-0.2, 0) is 22.7 Å². The van der Waals surface area contributed by atoms with Crippen molar-refractivity contribution in [2.24, 2.45) is 0 Å². The molecule has 4 aromatic carbocycles. The molecule has 56 heavy (non-hydrogen) atoms. The Morgan fingerprint density at radius 1 is 0.571 bits per heavy atom. The van der Waals surface area contributed by atoms with Gasteiger partial charge in [0.1, 0.15) is 11.6 Å². The van der Waals surface area contributed by atoms with Gasteiger partial charge in [-0.2, -0.15) is 0 Å². The summed E-state index contributed by atoms with van der Waals surface area (Å²) < 4.78 is 0. The predicted octanol–water partition coefficient (Wildman–Crippen LogP) is 7.72. The molecule has 2 N–H and O–H groups in total. The fraction of sp³-hybridized carbons (Fsp3) is 0.304. The highest BCUT2D eigenvalue weighted by Gasteiger charge is 2.33. The van der Waals surface area contributed by atoms with E-state index in [2.05, 4.69) is 92.6 Å². The van der Waals surface area contributed by atoms with Crippen molar-refractivity contribution in [1.82, 2.24) is 39.5 Å². The van der Waals surface area contributed by atoms with Crippen molar-refractivity contribution in [2.75, 3.05) is 40.3 Å². The fourth-order valence-electron chi connectivity index (χ4n) is 8.23. The van der Waals surface area contributed by atoms with Crippen LogP contribution in [0.3, 0.4) is 0 Å². The zero-order valence-corrected chi connectivity index (χ0v) is 32.3. The highest BCUT2D eigenvalue weighted by atomic mass is 16.2. The minimum Gasteiger partial charge on any atom is -0.340 e. The van der Waals surface area contributed by atoms with Crippen LogP contribution < -0.4 is 0 Å². The molecule has 2 aliphatic rings. The first-order chi connectivity index (χ1) is 27.4. The molecule has 0 bridgehead atoms. The van der Waals surface area contributed by atoms with Crippen molar-refractivity contribution in [2.45, 2.75) is 50.9 Å². The topological polar surface area (TPSA) is 104 Å². The average molecular weight is 747 g/mol. The Hall–Kier alpha value is -5.84. The van der Waals surface area contributed by atoms with Gasteiger partial charge in [0.2, 0.25) is 11.8 Å². The van der Waals surface area contributed by atoms with Gasteiger partial charge in [-0.3, -0.25) is 19.4 Å². The van der Waals surface area contributed by atoms with Crippen LogP contribution in [0.15, 0.2) is 122 Å². The number of carbonyl (C=O) groups is 2. The molecular formula is C46H50N8O2. The fourth-order valence-corrected chi connectivity index (χ4v) is 8.23. The molecule has 8 rings (SSSR count). The Kier molecular flexibility index (Phi) is 11.2. The predicted molar refractivity (Wildman–Crippen MR) is 220 cm³/mol. The van der Waals surface area contributed by atoms with E-state index in [1.165, 1.54) is 11.1 Å². The summed E-state index contributed by atoms with van der Waals surface area (Å²) in [5.74, 6) is 1.96. The molecule has 0 aliphatic carbocycles. The quantitative estimate of drug-likeness (QED) is 0.126. The Labute approximate surface area is 329 Å². The van der Waals surface area contributed by atoms with Crippen LogP contribution in [0.2, 0.25) is 0 Å². The van der Waals surface area contributed by atoms with Crippen molar-refractivity contribution in [1.29, 1.82) is 0 Å². The minimum absolute atomic E-state index is 0.0399. The average Bonchev–Trinajstić information content (AvgIpc) is 4.06. The number of hydrogen-bond donors (Lipinski definition) is 2. The van der Waals surface area contributed by atoms with Crippen LogP contribution in [0, 0.1) is 0 Å². The number of imidazole rings is 2. The van der Waals surface area contributed by atoms with Gasteiger partial charge in [-0.25, -0.2) is 9.97 Å². The number of hydrogen-bond acceptors (Lipinski definition) is 6. The lowest BCUT2D eigenvalue weighted by molar-refractivity contribution is -0.134. The van der Waals surface area contributed by atoms with Crippen molar-refractivity contribution in [3.8, 4) is 33.6 Å². The molecular weight excluding hydrogens is 697 g/mol. The van der Waals surface area contributed by atoms with E-state index in [4.69, 9.17) is 9.97 Å². The summed E-state index contributed by atoms with van der Waals surface area (Å²) in [4.78, 5) is 51.4. The molecule has 2 atom stereocenters. The second-order valence-corrected chi connectivity index (χ2v) is 15.3. The lowest BCUT2D eigenvalue weighted by Gasteiger charge is -2.26. The Morgan fingerprint density at radius 3 is 1.34 bits per heavy atom. The van der Waals surface area contributed by atoms with E-state index < -0.39 is 0 Å². The molecule has 286 valence electrons. The van der Waals surface area contributed by atoms with Gasteiger partial charge in [0.05, 0.1) is 49.0 Å². The smallest absolute Gasteiger partial charge is 0.237 e. The van der Waals surface area contributed by atoms with E-state index in [1.54, 1.807) is 0 Å². The highest BCUT2D eigenvalue weighted by molar-refractivity contribution is 5.79. The summed E-state index contributed by atoms with van der Waals surface area (Å²) in [5, 5.41) is 0. The molecule has 0 radical (unpaired) electrons. The monoisotopic (exact) mass is 746 g/mol. The maximum atomic E-state index is 13.4. The van der Waals surface area contributed by atoms with Gasteiger partial charge in [-0.05, 0) is 73.2 Å². The first-order valence-electron chi connectivity index (χ1n) is 19.7. The number of H-pyrrole nitrogens is 2. The molecule has 4 heterocycles. The van der Waals surface area contributed by atoms with Crippen LogP contribution in [0.1, 0.15) is 60.5 Å². The number of likely N-dealkylation sites (N-methyl/N-ethyl adjacent to an activating group) is 2. The Morgan fingerprint density at radius 2 is 0.946 bits per heavy atom. The molecule has 2 fully saturated rings. The third-order valence-electron chi connectivity index (χ3n) is 11.1. The van der Waals surface area contributed by atoms with Crippen molar-refractivity contribution in [3.05, 3.63) is 144 Å². The first kappa shape index (κ1) is 37.1. The van der Waals surface area contributed by atoms with Crippen LogP contribution in [0.25, 0.3) is 33.6 Å². The number of likely N-dealkylation sites (tertiary alicyclic amines) is 2. The van der Waals surface area contributed by atoms with E-state index in [-0.39, 0.29) is 23.9 Å². The second kappa shape index (κ2) is 16.9.